The van der Waals surface area contributed by atoms with Crippen LogP contribution in [0.25, 0.3) is 0 Å². The van der Waals surface area contributed by atoms with Crippen molar-refractivity contribution in [3.8, 4) is 0 Å². The molecule has 0 bridgehead atoms. The van der Waals surface area contributed by atoms with Crippen molar-refractivity contribution in [2.75, 3.05) is 26.3 Å². The molecular weight excluding hydrogens is 158 g/mol. The summed E-state index contributed by atoms with van der Waals surface area (Å²) in [5, 5.41) is 8.99. The van der Waals surface area contributed by atoms with Crippen LogP contribution in [0, 0.1) is 0 Å². The van der Waals surface area contributed by atoms with Gasteiger partial charge in [0.25, 0.3) is 0 Å². The fourth-order valence-electron chi connectivity index (χ4n) is 1.57. The fourth-order valence-corrected chi connectivity index (χ4v) is 1.57. The van der Waals surface area contributed by atoms with Crippen molar-refractivity contribution in [3.05, 3.63) is 0 Å². The van der Waals surface area contributed by atoms with Crippen LogP contribution in [0.5, 0.6) is 0 Å². The Labute approximate surface area is 72.1 Å². The number of aliphatic carboxylic acids is 1. The highest BCUT2D eigenvalue weighted by Crippen LogP contribution is 2.24. The predicted molar refractivity (Wildman–Crippen MR) is 44.1 cm³/mol. The van der Waals surface area contributed by atoms with Gasteiger partial charge in [-0.2, -0.15) is 0 Å². The second-order valence-electron chi connectivity index (χ2n) is 3.00. The minimum Gasteiger partial charge on any atom is -0.480 e. The van der Waals surface area contributed by atoms with Crippen molar-refractivity contribution in [2.24, 2.45) is 0 Å². The summed E-state index contributed by atoms with van der Waals surface area (Å²) in [7, 11) is 0. The first-order valence-electron chi connectivity index (χ1n) is 4.23. The van der Waals surface area contributed by atoms with Crippen LogP contribution in [-0.2, 0) is 9.53 Å². The number of carboxylic acids is 1. The number of hydrogen-bond acceptors (Lipinski definition) is 3. The average molecular weight is 173 g/mol. The van der Waals surface area contributed by atoms with Crippen molar-refractivity contribution in [1.82, 2.24) is 4.90 Å². The number of nitrogens with zero attached hydrogens (tertiary/aromatic N) is 1. The smallest absolute Gasteiger partial charge is 0.328 e. The highest BCUT2D eigenvalue weighted by atomic mass is 16.5. The summed E-state index contributed by atoms with van der Waals surface area (Å²) in [4.78, 5) is 12.9. The molecule has 1 N–H and O–H groups in total. The van der Waals surface area contributed by atoms with E-state index in [9.17, 15) is 4.79 Å². The zero-order valence-electron chi connectivity index (χ0n) is 7.54. The highest BCUT2D eigenvalue weighted by molar-refractivity contribution is 5.80. The lowest BCUT2D eigenvalue weighted by molar-refractivity contribution is -0.186. The SMILES string of the molecule is CCN(CC)C1(C(=O)O)COC1. The zero-order chi connectivity index (χ0) is 9.19. The van der Waals surface area contributed by atoms with Crippen molar-refractivity contribution in [1.29, 1.82) is 0 Å². The first kappa shape index (κ1) is 9.48. The van der Waals surface area contributed by atoms with Gasteiger partial charge in [-0.25, -0.2) is 0 Å². The van der Waals surface area contributed by atoms with Crippen LogP contribution in [-0.4, -0.2) is 47.8 Å². The molecule has 0 atom stereocenters. The Morgan fingerprint density at radius 1 is 1.50 bits per heavy atom. The largest absolute Gasteiger partial charge is 0.480 e. The minimum atomic E-state index is -0.766. The molecule has 1 aliphatic heterocycles. The normalized spacial score (nSPS) is 20.6. The van der Waals surface area contributed by atoms with Gasteiger partial charge < -0.3 is 9.84 Å². The number of ether oxygens (including phenoxy) is 1. The number of hydrogen-bond donors (Lipinski definition) is 1. The van der Waals surface area contributed by atoms with E-state index in [1.165, 1.54) is 0 Å². The van der Waals surface area contributed by atoms with Gasteiger partial charge in [-0.3, -0.25) is 9.69 Å². The summed E-state index contributed by atoms with van der Waals surface area (Å²) >= 11 is 0. The molecule has 0 aromatic rings. The Hall–Kier alpha value is -0.610. The van der Waals surface area contributed by atoms with E-state index >= 15 is 0 Å². The van der Waals surface area contributed by atoms with Gasteiger partial charge in [-0.1, -0.05) is 13.8 Å². The lowest BCUT2D eigenvalue weighted by atomic mass is 9.95. The minimum absolute atomic E-state index is 0.323. The highest BCUT2D eigenvalue weighted by Gasteiger charge is 2.50. The average Bonchev–Trinajstić information content (AvgIpc) is 1.95. The molecule has 12 heavy (non-hydrogen) atoms. The first-order valence-corrected chi connectivity index (χ1v) is 4.23. The maximum atomic E-state index is 10.9. The Bertz CT molecular complexity index is 173. The fraction of sp³-hybridized carbons (Fsp3) is 0.875. The van der Waals surface area contributed by atoms with Crippen molar-refractivity contribution in [3.63, 3.8) is 0 Å². The third-order valence-corrected chi connectivity index (χ3v) is 2.45. The number of likely N-dealkylation sites (N-methyl/N-ethyl adjacent to an activating group) is 1. The Morgan fingerprint density at radius 3 is 2.08 bits per heavy atom. The molecule has 0 spiro atoms. The quantitative estimate of drug-likeness (QED) is 0.659. The summed E-state index contributed by atoms with van der Waals surface area (Å²) in [6.45, 7) is 6.09. The lowest BCUT2D eigenvalue weighted by Gasteiger charge is -2.45. The summed E-state index contributed by atoms with van der Waals surface area (Å²) in [5.74, 6) is -0.766. The van der Waals surface area contributed by atoms with E-state index in [-0.39, 0.29) is 0 Å². The van der Waals surface area contributed by atoms with Gasteiger partial charge in [-0.15, -0.1) is 0 Å². The van der Waals surface area contributed by atoms with Crippen LogP contribution in [0.4, 0.5) is 0 Å². The number of carbonyl (C=O) groups is 1. The second-order valence-corrected chi connectivity index (χ2v) is 3.00. The van der Waals surface area contributed by atoms with Crippen molar-refractivity contribution < 1.29 is 14.6 Å². The Morgan fingerprint density at radius 2 is 2.00 bits per heavy atom. The molecule has 0 aromatic heterocycles. The van der Waals surface area contributed by atoms with Gasteiger partial charge in [0.1, 0.15) is 0 Å². The summed E-state index contributed by atoms with van der Waals surface area (Å²) in [6, 6.07) is 0. The monoisotopic (exact) mass is 173 g/mol. The van der Waals surface area contributed by atoms with Gasteiger partial charge in [-0.05, 0) is 13.1 Å². The third kappa shape index (κ3) is 1.21. The zero-order valence-corrected chi connectivity index (χ0v) is 7.54. The van der Waals surface area contributed by atoms with E-state index in [4.69, 9.17) is 9.84 Å². The molecular formula is C8H15NO3. The molecule has 0 aromatic carbocycles. The molecule has 1 rings (SSSR count). The molecule has 0 radical (unpaired) electrons. The van der Waals surface area contributed by atoms with Gasteiger partial charge in [0, 0.05) is 0 Å². The summed E-state index contributed by atoms with van der Waals surface area (Å²) in [6.07, 6.45) is 0. The van der Waals surface area contributed by atoms with Gasteiger partial charge in [0.2, 0.25) is 0 Å². The van der Waals surface area contributed by atoms with E-state index in [0.29, 0.717) is 13.2 Å². The maximum absolute atomic E-state index is 10.9. The van der Waals surface area contributed by atoms with E-state index in [2.05, 4.69) is 0 Å². The van der Waals surface area contributed by atoms with Crippen molar-refractivity contribution in [2.45, 2.75) is 19.4 Å². The van der Waals surface area contributed by atoms with Crippen LogP contribution in [0.15, 0.2) is 0 Å². The molecule has 0 saturated carbocycles. The molecule has 70 valence electrons. The molecule has 1 heterocycles. The molecule has 4 nitrogen and oxygen atoms in total. The molecule has 0 aliphatic carbocycles. The molecule has 4 heteroatoms. The number of rotatable bonds is 4. The second kappa shape index (κ2) is 3.41. The van der Waals surface area contributed by atoms with Crippen LogP contribution >= 0.6 is 0 Å². The first-order chi connectivity index (χ1) is 5.67. The molecule has 1 fully saturated rings. The molecule has 0 unspecified atom stereocenters. The van der Waals surface area contributed by atoms with Crippen LogP contribution in [0.1, 0.15) is 13.8 Å². The van der Waals surface area contributed by atoms with Crippen molar-refractivity contribution >= 4 is 5.97 Å². The standard InChI is InChI=1S/C8H15NO3/c1-3-9(4-2)8(7(10)11)5-12-6-8/h3-6H2,1-2H3,(H,10,11). The van der Waals surface area contributed by atoms with E-state index in [0.717, 1.165) is 13.1 Å². The van der Waals surface area contributed by atoms with Gasteiger partial charge in [0.15, 0.2) is 5.54 Å². The summed E-state index contributed by atoms with van der Waals surface area (Å²) < 4.78 is 4.96. The molecule has 0 amide bonds. The van der Waals surface area contributed by atoms with E-state index in [1.54, 1.807) is 0 Å². The van der Waals surface area contributed by atoms with Crippen LogP contribution in [0.2, 0.25) is 0 Å². The Balaban J connectivity index is 2.71. The lowest BCUT2D eigenvalue weighted by Crippen LogP contribution is -2.67. The predicted octanol–water partition coefficient (Wildman–Crippen LogP) is 0.182. The third-order valence-electron chi connectivity index (χ3n) is 2.45. The number of carboxylic acid groups (broad SMARTS) is 1. The van der Waals surface area contributed by atoms with Crippen LogP contribution in [0.3, 0.4) is 0 Å². The topological polar surface area (TPSA) is 49.8 Å². The van der Waals surface area contributed by atoms with E-state index < -0.39 is 11.5 Å². The van der Waals surface area contributed by atoms with E-state index in [1.807, 2.05) is 18.7 Å². The molecule has 1 saturated heterocycles. The molecule has 1 aliphatic rings. The van der Waals surface area contributed by atoms with Crippen LogP contribution < -0.4 is 0 Å². The van der Waals surface area contributed by atoms with Gasteiger partial charge >= 0.3 is 5.97 Å². The summed E-state index contributed by atoms with van der Waals surface area (Å²) in [5.41, 5.74) is -0.733. The maximum Gasteiger partial charge on any atom is 0.328 e. The van der Waals surface area contributed by atoms with Gasteiger partial charge in [0.05, 0.1) is 13.2 Å². The Kier molecular flexibility index (Phi) is 2.69.